The predicted molar refractivity (Wildman–Crippen MR) is 9.16 cm³/mol. The van der Waals surface area contributed by atoms with E-state index >= 15 is 0 Å². The second kappa shape index (κ2) is 11.1. The zero-order chi connectivity index (χ0) is 2.71. The summed E-state index contributed by atoms with van der Waals surface area (Å²) in [5.74, 6) is 0. The molecule has 0 aromatic rings. The summed E-state index contributed by atoms with van der Waals surface area (Å²) >= 11 is 0. The van der Waals surface area contributed by atoms with Crippen LogP contribution in [0.3, 0.4) is 0 Å². The van der Waals surface area contributed by atoms with Crippen molar-refractivity contribution in [3.8, 4) is 0 Å². The van der Waals surface area contributed by atoms with Crippen molar-refractivity contribution in [2.75, 3.05) is 0 Å². The van der Waals surface area contributed by atoms with Crippen LogP contribution in [-0.4, -0.2) is 0 Å². The quantitative estimate of drug-likeness (QED) is 0.348. The molecule has 4 heavy (non-hydrogen) atoms. The smallest absolute Gasteiger partial charge is 0 e. The van der Waals surface area contributed by atoms with E-state index < -0.39 is 0 Å². The standard InChI is InChI=1S/Au.HNO2/c;2-1-3/h;(H,2,3)/p-1. The van der Waals surface area contributed by atoms with E-state index in [2.05, 4.69) is 0 Å². The molecule has 0 heterocycles. The molecule has 0 aliphatic heterocycles. The van der Waals surface area contributed by atoms with Gasteiger partial charge in [-0.15, -0.1) is 5.34 Å². The first-order valence-corrected chi connectivity index (χ1v) is 0.365. The van der Waals surface area contributed by atoms with Crippen molar-refractivity contribution in [3.05, 3.63) is 10.1 Å². The van der Waals surface area contributed by atoms with Crippen LogP contribution in [0.1, 0.15) is 0 Å². The molecule has 0 aliphatic carbocycles. The molecule has 0 bridgehead atoms. The van der Waals surface area contributed by atoms with Gasteiger partial charge in [-0.1, -0.05) is 0 Å². The third-order valence-corrected chi connectivity index (χ3v) is 0. The maximum absolute atomic E-state index is 8.00. The van der Waals surface area contributed by atoms with Gasteiger partial charge in [-0.25, -0.2) is 0 Å². The number of hydrogen-bond donors (Lipinski definition) is 0. The summed E-state index contributed by atoms with van der Waals surface area (Å²) in [6, 6.07) is 0. The Bertz CT molecular complexity index is 13.5. The number of nitrogens with zero attached hydrogens (tertiary/aromatic N) is 1. The van der Waals surface area contributed by atoms with Crippen LogP contribution in [0.2, 0.25) is 0 Å². The van der Waals surface area contributed by atoms with E-state index in [1.165, 1.54) is 0 Å². The van der Waals surface area contributed by atoms with Gasteiger partial charge in [0.2, 0.25) is 0 Å². The van der Waals surface area contributed by atoms with E-state index in [-0.39, 0.29) is 22.4 Å². The first-order chi connectivity index (χ1) is 1.41. The van der Waals surface area contributed by atoms with Gasteiger partial charge in [0.1, 0.15) is 0 Å². The summed E-state index contributed by atoms with van der Waals surface area (Å²) in [6.07, 6.45) is 0. The van der Waals surface area contributed by atoms with Crippen LogP contribution in [0.5, 0.6) is 0 Å². The van der Waals surface area contributed by atoms with Gasteiger partial charge < -0.3 is 10.1 Å². The third-order valence-electron chi connectivity index (χ3n) is 0. The van der Waals surface area contributed by atoms with Crippen LogP contribution in [-0.2, 0) is 22.4 Å². The second-order valence-electron chi connectivity index (χ2n) is 0.0745. The molecule has 0 amide bonds. The summed E-state index contributed by atoms with van der Waals surface area (Å²) in [5.41, 5.74) is 0. The fraction of sp³-hybridized carbons (Fsp3) is 0. The molecule has 0 spiro atoms. The third kappa shape index (κ3) is 141. The molecular weight excluding hydrogens is 243 g/mol. The average Bonchev–Trinajstić information content (AvgIpc) is 0.918. The van der Waals surface area contributed by atoms with E-state index in [1.54, 1.807) is 0 Å². The normalized spacial score (nSPS) is 3.00. The minimum absolute atomic E-state index is 0. The summed E-state index contributed by atoms with van der Waals surface area (Å²) in [6.45, 7) is 0. The molecule has 4 heteroatoms. The van der Waals surface area contributed by atoms with Crippen molar-refractivity contribution in [2.24, 2.45) is 5.34 Å². The number of rotatable bonds is 0. The van der Waals surface area contributed by atoms with Gasteiger partial charge in [0.05, 0.1) is 0 Å². The van der Waals surface area contributed by atoms with Crippen molar-refractivity contribution in [1.82, 2.24) is 0 Å². The molecule has 0 unspecified atom stereocenters. The Morgan fingerprint density at radius 3 is 1.75 bits per heavy atom. The molecule has 0 aromatic carbocycles. The van der Waals surface area contributed by atoms with Gasteiger partial charge >= 0.3 is 0 Å². The van der Waals surface area contributed by atoms with E-state index in [0.717, 1.165) is 5.34 Å². The van der Waals surface area contributed by atoms with E-state index in [0.29, 0.717) is 0 Å². The molecule has 0 aliphatic rings. The zero-order valence-corrected chi connectivity index (χ0v) is 3.73. The Morgan fingerprint density at radius 1 is 1.75 bits per heavy atom. The number of hydrogen-bond acceptors (Lipinski definition) is 3. The molecule has 0 saturated heterocycles. The maximum atomic E-state index is 8.00. The van der Waals surface area contributed by atoms with Crippen LogP contribution >= 0.6 is 0 Å². The Labute approximate surface area is 38.5 Å². The van der Waals surface area contributed by atoms with Crippen LogP contribution in [0.15, 0.2) is 5.34 Å². The molecule has 0 N–H and O–H groups in total. The van der Waals surface area contributed by atoms with Crippen molar-refractivity contribution in [1.29, 1.82) is 0 Å². The summed E-state index contributed by atoms with van der Waals surface area (Å²) < 4.78 is 0. The molecular formula is AuNO2-. The predicted octanol–water partition coefficient (Wildman–Crippen LogP) is 0.248. The monoisotopic (exact) mass is 243 g/mol. The molecule has 0 rings (SSSR count). The summed E-state index contributed by atoms with van der Waals surface area (Å²) in [5, 5.41) is 9.00. The Kier molecular flexibility index (Phi) is 24.7. The molecule has 3 nitrogen and oxygen atoms in total. The van der Waals surface area contributed by atoms with E-state index in [1.807, 2.05) is 0 Å². The zero-order valence-electron chi connectivity index (χ0n) is 1.57. The Hall–Kier alpha value is 0.140. The Morgan fingerprint density at radius 2 is 1.75 bits per heavy atom. The fourth-order valence-electron chi connectivity index (χ4n) is 0. The first kappa shape index (κ1) is 8.91. The molecule has 0 aromatic heterocycles. The first-order valence-electron chi connectivity index (χ1n) is 0.365. The minimum atomic E-state index is 0. The van der Waals surface area contributed by atoms with Crippen molar-refractivity contribution in [3.63, 3.8) is 0 Å². The molecule has 29 valence electrons. The van der Waals surface area contributed by atoms with Crippen LogP contribution in [0.4, 0.5) is 0 Å². The summed E-state index contributed by atoms with van der Waals surface area (Å²) in [7, 11) is 0. The minimum Gasteiger partial charge on any atom is -0.444 e. The molecule has 0 atom stereocenters. The largest absolute Gasteiger partial charge is 0.444 e. The van der Waals surface area contributed by atoms with Crippen LogP contribution < -0.4 is 0 Å². The molecule has 1 radical (unpaired) electrons. The van der Waals surface area contributed by atoms with Crippen molar-refractivity contribution >= 4 is 0 Å². The van der Waals surface area contributed by atoms with E-state index in [4.69, 9.17) is 10.1 Å². The van der Waals surface area contributed by atoms with Crippen LogP contribution in [0, 0.1) is 10.1 Å². The second-order valence-corrected chi connectivity index (χ2v) is 0.0745. The molecule has 0 fully saturated rings. The molecule has 0 saturated carbocycles. The maximum Gasteiger partial charge on any atom is 0 e. The summed E-state index contributed by atoms with van der Waals surface area (Å²) in [4.78, 5) is 8.00. The SMILES string of the molecule is O=N[O-].[Au]. The Balaban J connectivity index is 0. The van der Waals surface area contributed by atoms with Gasteiger partial charge in [-0.05, 0) is 0 Å². The average molecular weight is 243 g/mol. The van der Waals surface area contributed by atoms with Gasteiger partial charge in [0.15, 0.2) is 0 Å². The van der Waals surface area contributed by atoms with Gasteiger partial charge in [0, 0.05) is 22.4 Å². The topological polar surface area (TPSA) is 52.5 Å². The van der Waals surface area contributed by atoms with Crippen molar-refractivity contribution < 1.29 is 22.4 Å². The van der Waals surface area contributed by atoms with Gasteiger partial charge in [-0.3, -0.25) is 0 Å². The van der Waals surface area contributed by atoms with Gasteiger partial charge in [0.25, 0.3) is 0 Å². The van der Waals surface area contributed by atoms with Gasteiger partial charge in [-0.2, -0.15) is 0 Å². The fourth-order valence-corrected chi connectivity index (χ4v) is 0. The van der Waals surface area contributed by atoms with E-state index in [9.17, 15) is 0 Å². The van der Waals surface area contributed by atoms with Crippen molar-refractivity contribution in [2.45, 2.75) is 0 Å². The van der Waals surface area contributed by atoms with Crippen LogP contribution in [0.25, 0.3) is 0 Å².